The molecule has 1 amide bonds. The fraction of sp³-hybridized carbons (Fsp3) is 0.182. The van der Waals surface area contributed by atoms with E-state index >= 15 is 0 Å². The third-order valence-electron chi connectivity index (χ3n) is 2.33. The molecule has 1 aromatic rings. The maximum atomic E-state index is 11.0. The van der Waals surface area contributed by atoms with Crippen LogP contribution in [-0.4, -0.2) is 16.2 Å². The van der Waals surface area contributed by atoms with Gasteiger partial charge in [0.25, 0.3) is 5.91 Å². The zero-order valence-electron chi connectivity index (χ0n) is 7.84. The summed E-state index contributed by atoms with van der Waals surface area (Å²) in [7, 11) is 0. The predicted molar refractivity (Wildman–Crippen MR) is 51.7 cm³/mol. The Bertz CT molecular complexity index is 381. The van der Waals surface area contributed by atoms with Crippen molar-refractivity contribution in [1.29, 1.82) is 0 Å². The molecule has 1 aromatic carbocycles. The number of carbonyl (C=O) groups is 1. The first kappa shape index (κ1) is 8.97. The van der Waals surface area contributed by atoms with E-state index < -0.39 is 0 Å². The highest BCUT2D eigenvalue weighted by Gasteiger charge is 2.25. The van der Waals surface area contributed by atoms with Crippen molar-refractivity contribution in [3.05, 3.63) is 47.5 Å². The quantitative estimate of drug-likeness (QED) is 0.684. The van der Waals surface area contributed by atoms with Crippen LogP contribution in [0.1, 0.15) is 17.2 Å². The molecule has 0 saturated heterocycles. The van der Waals surface area contributed by atoms with Gasteiger partial charge in [0.2, 0.25) is 0 Å². The number of amides is 1. The van der Waals surface area contributed by atoms with Crippen LogP contribution in [-0.2, 0) is 4.79 Å². The van der Waals surface area contributed by atoms with Crippen LogP contribution in [0.25, 0.3) is 0 Å². The summed E-state index contributed by atoms with van der Waals surface area (Å²) in [5.41, 5.74) is 2.08. The van der Waals surface area contributed by atoms with Crippen LogP contribution in [0.2, 0.25) is 0 Å². The van der Waals surface area contributed by atoms with Gasteiger partial charge in [-0.15, -0.1) is 0 Å². The van der Waals surface area contributed by atoms with Crippen LogP contribution in [0, 0.1) is 6.92 Å². The van der Waals surface area contributed by atoms with Crippen LogP contribution in [0.15, 0.2) is 36.4 Å². The van der Waals surface area contributed by atoms with Crippen LogP contribution < -0.4 is 0 Å². The van der Waals surface area contributed by atoms with Gasteiger partial charge < -0.3 is 0 Å². The molecule has 1 heterocycles. The van der Waals surface area contributed by atoms with Gasteiger partial charge in [-0.25, -0.2) is 5.06 Å². The molecule has 0 aliphatic carbocycles. The average Bonchev–Trinajstić information content (AvgIpc) is 2.50. The van der Waals surface area contributed by atoms with Crippen molar-refractivity contribution in [3.63, 3.8) is 0 Å². The normalized spacial score (nSPS) is 20.6. The highest BCUT2D eigenvalue weighted by molar-refractivity contribution is 5.89. The van der Waals surface area contributed by atoms with Gasteiger partial charge in [0.05, 0.1) is 0 Å². The lowest BCUT2D eigenvalue weighted by molar-refractivity contribution is -0.163. The highest BCUT2D eigenvalue weighted by Crippen LogP contribution is 2.25. The summed E-state index contributed by atoms with van der Waals surface area (Å²) in [5.74, 6) is -0.365. The maximum absolute atomic E-state index is 11.0. The summed E-state index contributed by atoms with van der Waals surface area (Å²) in [6.45, 7) is 2.00. The smallest absolute Gasteiger partial charge is 0.270 e. The molecule has 0 spiro atoms. The standard InChI is InChI=1S/C11H11NO2/c1-8-2-4-9(5-3-8)10-6-7-11(13)12(10)14/h2-7,10,14H,1H3. The van der Waals surface area contributed by atoms with E-state index in [0.29, 0.717) is 0 Å². The molecule has 14 heavy (non-hydrogen) atoms. The number of hydroxylamine groups is 2. The fourth-order valence-corrected chi connectivity index (χ4v) is 1.48. The second kappa shape index (κ2) is 3.27. The summed E-state index contributed by atoms with van der Waals surface area (Å²) in [6, 6.07) is 7.40. The summed E-state index contributed by atoms with van der Waals surface area (Å²) in [6.07, 6.45) is 3.07. The van der Waals surface area contributed by atoms with Gasteiger partial charge in [0, 0.05) is 6.08 Å². The molecule has 1 atom stereocenters. The van der Waals surface area contributed by atoms with Crippen molar-refractivity contribution in [2.75, 3.05) is 0 Å². The third kappa shape index (κ3) is 1.42. The van der Waals surface area contributed by atoms with E-state index in [1.807, 2.05) is 31.2 Å². The first-order valence-corrected chi connectivity index (χ1v) is 4.45. The first-order valence-electron chi connectivity index (χ1n) is 4.45. The lowest BCUT2D eigenvalue weighted by Gasteiger charge is -2.17. The SMILES string of the molecule is Cc1ccc(C2C=CC(=O)N2O)cc1. The number of aryl methyl sites for hydroxylation is 1. The van der Waals surface area contributed by atoms with Gasteiger partial charge in [-0.05, 0) is 18.6 Å². The minimum atomic E-state index is -0.365. The molecule has 2 rings (SSSR count). The first-order chi connectivity index (χ1) is 6.68. The van der Waals surface area contributed by atoms with Crippen LogP contribution in [0.3, 0.4) is 0 Å². The van der Waals surface area contributed by atoms with Crippen molar-refractivity contribution in [1.82, 2.24) is 5.06 Å². The second-order valence-electron chi connectivity index (χ2n) is 3.40. The van der Waals surface area contributed by atoms with Gasteiger partial charge >= 0.3 is 0 Å². The summed E-state index contributed by atoms with van der Waals surface area (Å²) >= 11 is 0. The molecular formula is C11H11NO2. The largest absolute Gasteiger partial charge is 0.285 e. The Morgan fingerprint density at radius 1 is 1.29 bits per heavy atom. The Morgan fingerprint density at radius 3 is 2.43 bits per heavy atom. The Labute approximate surface area is 82.2 Å². The minimum absolute atomic E-state index is 0.330. The van der Waals surface area contributed by atoms with Crippen LogP contribution >= 0.6 is 0 Å². The van der Waals surface area contributed by atoms with Gasteiger partial charge in [-0.2, -0.15) is 0 Å². The number of hydrogen-bond acceptors (Lipinski definition) is 2. The minimum Gasteiger partial charge on any atom is -0.285 e. The molecule has 72 valence electrons. The lowest BCUT2D eigenvalue weighted by atomic mass is 10.1. The number of carbonyl (C=O) groups excluding carboxylic acids is 1. The third-order valence-corrected chi connectivity index (χ3v) is 2.33. The topological polar surface area (TPSA) is 40.5 Å². The van der Waals surface area contributed by atoms with Crippen molar-refractivity contribution in [3.8, 4) is 0 Å². The molecule has 3 heteroatoms. The molecule has 1 N–H and O–H groups in total. The van der Waals surface area contributed by atoms with Crippen molar-refractivity contribution in [2.45, 2.75) is 13.0 Å². The van der Waals surface area contributed by atoms with Crippen molar-refractivity contribution in [2.24, 2.45) is 0 Å². The second-order valence-corrected chi connectivity index (χ2v) is 3.40. The van der Waals surface area contributed by atoms with E-state index in [0.717, 1.165) is 16.2 Å². The maximum Gasteiger partial charge on any atom is 0.270 e. The number of benzene rings is 1. The fourth-order valence-electron chi connectivity index (χ4n) is 1.48. The molecule has 0 saturated carbocycles. The molecule has 0 radical (unpaired) electrons. The van der Waals surface area contributed by atoms with E-state index in [-0.39, 0.29) is 11.9 Å². The molecule has 3 nitrogen and oxygen atoms in total. The molecule has 0 bridgehead atoms. The van der Waals surface area contributed by atoms with Gasteiger partial charge in [-0.1, -0.05) is 29.8 Å². The Kier molecular flexibility index (Phi) is 2.09. The number of nitrogens with zero attached hydrogens (tertiary/aromatic N) is 1. The molecule has 0 fully saturated rings. The molecular weight excluding hydrogens is 178 g/mol. The van der Waals surface area contributed by atoms with E-state index in [9.17, 15) is 10.0 Å². The summed E-state index contributed by atoms with van der Waals surface area (Å²) in [5, 5.41) is 10.1. The number of rotatable bonds is 1. The Hall–Kier alpha value is -1.61. The van der Waals surface area contributed by atoms with Crippen LogP contribution in [0.5, 0.6) is 0 Å². The van der Waals surface area contributed by atoms with Crippen molar-refractivity contribution < 1.29 is 10.0 Å². The van der Waals surface area contributed by atoms with E-state index in [4.69, 9.17) is 0 Å². The molecule has 1 aliphatic rings. The summed E-state index contributed by atoms with van der Waals surface area (Å²) in [4.78, 5) is 11.0. The van der Waals surface area contributed by atoms with Gasteiger partial charge in [0.15, 0.2) is 0 Å². The molecule has 1 aliphatic heterocycles. The average molecular weight is 189 g/mol. The van der Waals surface area contributed by atoms with Crippen molar-refractivity contribution >= 4 is 5.91 Å². The van der Waals surface area contributed by atoms with Gasteiger partial charge in [0.1, 0.15) is 6.04 Å². The monoisotopic (exact) mass is 189 g/mol. The highest BCUT2D eigenvalue weighted by atomic mass is 16.5. The zero-order chi connectivity index (χ0) is 10.1. The zero-order valence-corrected chi connectivity index (χ0v) is 7.84. The van der Waals surface area contributed by atoms with E-state index in [1.165, 1.54) is 6.08 Å². The molecule has 0 aromatic heterocycles. The number of hydrogen-bond donors (Lipinski definition) is 1. The van der Waals surface area contributed by atoms with Crippen LogP contribution in [0.4, 0.5) is 0 Å². The lowest BCUT2D eigenvalue weighted by Crippen LogP contribution is -2.24. The van der Waals surface area contributed by atoms with E-state index in [1.54, 1.807) is 6.08 Å². The van der Waals surface area contributed by atoms with Gasteiger partial charge in [-0.3, -0.25) is 10.0 Å². The Morgan fingerprint density at radius 2 is 1.93 bits per heavy atom. The summed E-state index contributed by atoms with van der Waals surface area (Å²) < 4.78 is 0. The van der Waals surface area contributed by atoms with E-state index in [2.05, 4.69) is 0 Å². The predicted octanol–water partition coefficient (Wildman–Crippen LogP) is 1.82. The molecule has 1 unspecified atom stereocenters. The Balaban J connectivity index is 2.28.